The first-order valence-electron chi connectivity index (χ1n) is 6.52. The van der Waals surface area contributed by atoms with Crippen molar-refractivity contribution in [3.05, 3.63) is 63.6 Å². The van der Waals surface area contributed by atoms with E-state index in [9.17, 15) is 5.11 Å². The molecule has 2 nitrogen and oxygen atoms in total. The summed E-state index contributed by atoms with van der Waals surface area (Å²) in [5.41, 5.74) is 2.31. The molecule has 0 heterocycles. The first kappa shape index (κ1) is 15.2. The minimum absolute atomic E-state index is 0.210. The third-order valence-corrected chi connectivity index (χ3v) is 3.98. The maximum Gasteiger partial charge on any atom is 0.115 e. The van der Waals surface area contributed by atoms with Crippen molar-refractivity contribution in [2.24, 2.45) is 0 Å². The third kappa shape index (κ3) is 4.14. The van der Waals surface area contributed by atoms with E-state index >= 15 is 0 Å². The zero-order chi connectivity index (χ0) is 14.5. The predicted octanol–water partition coefficient (Wildman–Crippen LogP) is 4.59. The summed E-state index contributed by atoms with van der Waals surface area (Å²) < 4.78 is 0. The largest absolute Gasteiger partial charge is 0.508 e. The maximum atomic E-state index is 9.23. The molecule has 0 bridgehead atoms. The Morgan fingerprint density at radius 1 is 1.05 bits per heavy atom. The number of halogens is 2. The van der Waals surface area contributed by atoms with Crippen molar-refractivity contribution in [3.8, 4) is 5.75 Å². The van der Waals surface area contributed by atoms with Crippen LogP contribution in [0.25, 0.3) is 0 Å². The fraction of sp³-hybridized carbons (Fsp3) is 0.250. The van der Waals surface area contributed by atoms with E-state index in [0.717, 1.165) is 18.5 Å². The van der Waals surface area contributed by atoms with Gasteiger partial charge in [0, 0.05) is 6.04 Å². The normalized spacial score (nSPS) is 12.3. The van der Waals surface area contributed by atoms with E-state index in [2.05, 4.69) is 12.2 Å². The van der Waals surface area contributed by atoms with Gasteiger partial charge in [-0.15, -0.1) is 0 Å². The van der Waals surface area contributed by atoms with Crippen LogP contribution in [-0.4, -0.2) is 11.7 Å². The van der Waals surface area contributed by atoms with Gasteiger partial charge in [0.25, 0.3) is 0 Å². The predicted molar refractivity (Wildman–Crippen MR) is 84.7 cm³/mol. The average Bonchev–Trinajstić information content (AvgIpc) is 2.44. The van der Waals surface area contributed by atoms with Crippen LogP contribution in [-0.2, 0) is 6.42 Å². The van der Waals surface area contributed by atoms with Crippen LogP contribution in [0.15, 0.2) is 42.5 Å². The number of hydrogen-bond donors (Lipinski definition) is 2. The molecular weight excluding hydrogens is 293 g/mol. The molecule has 0 aliphatic heterocycles. The molecular formula is C16H17Cl2NO. The Labute approximate surface area is 129 Å². The Morgan fingerprint density at radius 3 is 2.40 bits per heavy atom. The van der Waals surface area contributed by atoms with Gasteiger partial charge in [-0.05, 0) is 55.3 Å². The Kier molecular flexibility index (Phi) is 5.30. The molecule has 0 saturated carbocycles. The molecule has 0 amide bonds. The summed E-state index contributed by atoms with van der Waals surface area (Å²) in [5, 5.41) is 13.8. The number of hydrogen-bond acceptors (Lipinski definition) is 2. The van der Waals surface area contributed by atoms with Crippen molar-refractivity contribution in [2.45, 2.75) is 19.4 Å². The molecule has 0 fully saturated rings. The lowest BCUT2D eigenvalue weighted by Crippen LogP contribution is -2.21. The van der Waals surface area contributed by atoms with Gasteiger partial charge in [0.15, 0.2) is 0 Å². The highest BCUT2D eigenvalue weighted by atomic mass is 35.5. The zero-order valence-electron chi connectivity index (χ0n) is 11.2. The van der Waals surface area contributed by atoms with Crippen molar-refractivity contribution >= 4 is 23.2 Å². The summed E-state index contributed by atoms with van der Waals surface area (Å²) in [6, 6.07) is 13.2. The minimum atomic E-state index is 0.210. The molecule has 0 aliphatic carbocycles. The molecule has 2 aromatic rings. The van der Waals surface area contributed by atoms with Crippen molar-refractivity contribution in [1.29, 1.82) is 0 Å². The zero-order valence-corrected chi connectivity index (χ0v) is 12.7. The van der Waals surface area contributed by atoms with Gasteiger partial charge < -0.3 is 10.4 Å². The van der Waals surface area contributed by atoms with E-state index in [1.165, 1.54) is 5.56 Å². The molecule has 106 valence electrons. The second kappa shape index (κ2) is 6.98. The monoisotopic (exact) mass is 309 g/mol. The van der Waals surface area contributed by atoms with E-state index in [0.29, 0.717) is 15.8 Å². The lowest BCUT2D eigenvalue weighted by atomic mass is 10.1. The van der Waals surface area contributed by atoms with Crippen molar-refractivity contribution < 1.29 is 5.11 Å². The molecule has 20 heavy (non-hydrogen) atoms. The van der Waals surface area contributed by atoms with Gasteiger partial charge >= 0.3 is 0 Å². The summed E-state index contributed by atoms with van der Waals surface area (Å²) >= 11 is 11.9. The standard InChI is InChI=1S/C16H17Cl2NO/c1-11(13-4-7-15(17)16(18)10-13)19-9-8-12-2-5-14(20)6-3-12/h2-7,10-11,19-20H,8-9H2,1H3. The van der Waals surface area contributed by atoms with Gasteiger partial charge in [-0.2, -0.15) is 0 Å². The molecule has 0 radical (unpaired) electrons. The quantitative estimate of drug-likeness (QED) is 0.846. The lowest BCUT2D eigenvalue weighted by molar-refractivity contribution is 0.475. The molecule has 0 saturated heterocycles. The Morgan fingerprint density at radius 2 is 1.75 bits per heavy atom. The summed E-state index contributed by atoms with van der Waals surface area (Å²) in [6.07, 6.45) is 0.909. The molecule has 1 unspecified atom stereocenters. The van der Waals surface area contributed by atoms with Crippen molar-refractivity contribution in [1.82, 2.24) is 5.32 Å². The Balaban J connectivity index is 1.87. The number of phenols is 1. The van der Waals surface area contributed by atoms with Gasteiger partial charge in [-0.1, -0.05) is 41.4 Å². The third-order valence-electron chi connectivity index (χ3n) is 3.24. The van der Waals surface area contributed by atoms with E-state index < -0.39 is 0 Å². The van der Waals surface area contributed by atoms with Gasteiger partial charge in [0.1, 0.15) is 5.75 Å². The number of nitrogens with one attached hydrogen (secondary N) is 1. The second-order valence-electron chi connectivity index (χ2n) is 4.77. The number of benzene rings is 2. The molecule has 2 N–H and O–H groups in total. The van der Waals surface area contributed by atoms with Crippen LogP contribution in [0.5, 0.6) is 5.75 Å². The van der Waals surface area contributed by atoms with Crippen LogP contribution in [0, 0.1) is 0 Å². The van der Waals surface area contributed by atoms with Gasteiger partial charge in [0.2, 0.25) is 0 Å². The SMILES string of the molecule is CC(NCCc1ccc(O)cc1)c1ccc(Cl)c(Cl)c1. The molecule has 2 aromatic carbocycles. The highest BCUT2D eigenvalue weighted by molar-refractivity contribution is 6.42. The lowest BCUT2D eigenvalue weighted by Gasteiger charge is -2.15. The van der Waals surface area contributed by atoms with E-state index in [4.69, 9.17) is 23.2 Å². The van der Waals surface area contributed by atoms with Crippen LogP contribution in [0.1, 0.15) is 24.1 Å². The van der Waals surface area contributed by atoms with Crippen LogP contribution in [0.3, 0.4) is 0 Å². The van der Waals surface area contributed by atoms with Crippen LogP contribution >= 0.6 is 23.2 Å². The smallest absolute Gasteiger partial charge is 0.115 e. The summed E-state index contributed by atoms with van der Waals surface area (Å²) in [4.78, 5) is 0. The molecule has 0 aromatic heterocycles. The summed E-state index contributed by atoms with van der Waals surface area (Å²) in [6.45, 7) is 2.95. The fourth-order valence-corrected chi connectivity index (χ4v) is 2.30. The summed E-state index contributed by atoms with van der Waals surface area (Å²) in [7, 11) is 0. The molecule has 0 aliphatic rings. The fourth-order valence-electron chi connectivity index (χ4n) is 2.00. The van der Waals surface area contributed by atoms with Crippen molar-refractivity contribution in [2.75, 3.05) is 6.54 Å². The van der Waals surface area contributed by atoms with E-state index in [1.54, 1.807) is 12.1 Å². The van der Waals surface area contributed by atoms with Gasteiger partial charge in [-0.25, -0.2) is 0 Å². The van der Waals surface area contributed by atoms with E-state index in [1.807, 2.05) is 30.3 Å². The van der Waals surface area contributed by atoms with Crippen LogP contribution < -0.4 is 5.32 Å². The average molecular weight is 310 g/mol. The van der Waals surface area contributed by atoms with Gasteiger partial charge in [0.05, 0.1) is 10.0 Å². The summed E-state index contributed by atoms with van der Waals surface area (Å²) in [5.74, 6) is 0.297. The molecule has 0 spiro atoms. The number of phenolic OH excluding ortho intramolecular Hbond substituents is 1. The first-order chi connectivity index (χ1) is 9.56. The molecule has 2 rings (SSSR count). The van der Waals surface area contributed by atoms with Crippen LogP contribution in [0.2, 0.25) is 10.0 Å². The minimum Gasteiger partial charge on any atom is -0.508 e. The van der Waals surface area contributed by atoms with Crippen LogP contribution in [0.4, 0.5) is 0 Å². The Bertz CT molecular complexity index is 569. The Hall–Kier alpha value is -1.22. The highest BCUT2D eigenvalue weighted by Gasteiger charge is 2.07. The highest BCUT2D eigenvalue weighted by Crippen LogP contribution is 2.25. The maximum absolute atomic E-state index is 9.23. The molecule has 1 atom stereocenters. The molecule has 4 heteroatoms. The number of aromatic hydroxyl groups is 1. The van der Waals surface area contributed by atoms with E-state index in [-0.39, 0.29) is 6.04 Å². The number of rotatable bonds is 5. The second-order valence-corrected chi connectivity index (χ2v) is 5.58. The van der Waals surface area contributed by atoms with Gasteiger partial charge in [-0.3, -0.25) is 0 Å². The first-order valence-corrected chi connectivity index (χ1v) is 7.28. The topological polar surface area (TPSA) is 32.3 Å². The van der Waals surface area contributed by atoms with Crippen molar-refractivity contribution in [3.63, 3.8) is 0 Å².